The molecule has 8 nitrogen and oxygen atoms in total. The number of anilines is 1. The zero-order valence-electron chi connectivity index (χ0n) is 23.3. The van der Waals surface area contributed by atoms with Crippen LogP contribution in [0.25, 0.3) is 0 Å². The number of aliphatic hydroxyl groups is 1. The number of nitrogens with zero attached hydrogens (tertiary/aromatic N) is 3. The molecule has 39 heavy (non-hydrogen) atoms. The molecule has 3 heterocycles. The van der Waals surface area contributed by atoms with Gasteiger partial charge < -0.3 is 24.5 Å². The number of hydrogen-bond donors (Lipinski definition) is 1. The first-order valence-corrected chi connectivity index (χ1v) is 14.1. The van der Waals surface area contributed by atoms with Crippen molar-refractivity contribution in [3.63, 3.8) is 0 Å². The number of likely N-dealkylation sites (tertiary alicyclic amines) is 1. The van der Waals surface area contributed by atoms with Gasteiger partial charge in [-0.05, 0) is 43.7 Å². The summed E-state index contributed by atoms with van der Waals surface area (Å²) in [4.78, 5) is 47.3. The molecule has 2 bridgehead atoms. The first-order valence-electron chi connectivity index (χ1n) is 13.7. The highest BCUT2D eigenvalue weighted by atomic mass is 35.5. The van der Waals surface area contributed by atoms with Crippen LogP contribution in [-0.4, -0.2) is 83.2 Å². The molecule has 0 saturated carbocycles. The van der Waals surface area contributed by atoms with Gasteiger partial charge in [-0.25, -0.2) is 0 Å². The number of aryl methyl sites for hydroxylation is 1. The van der Waals surface area contributed by atoms with Crippen LogP contribution >= 0.6 is 11.6 Å². The van der Waals surface area contributed by atoms with Crippen molar-refractivity contribution in [3.05, 3.63) is 54.1 Å². The van der Waals surface area contributed by atoms with E-state index in [2.05, 4.69) is 13.2 Å². The molecular weight excluding hydrogens is 518 g/mol. The largest absolute Gasteiger partial charge is 0.394 e. The predicted molar refractivity (Wildman–Crippen MR) is 151 cm³/mol. The minimum Gasteiger partial charge on any atom is -0.394 e. The van der Waals surface area contributed by atoms with Crippen LogP contribution < -0.4 is 4.90 Å². The minimum absolute atomic E-state index is 0.159. The van der Waals surface area contributed by atoms with Gasteiger partial charge in [-0.3, -0.25) is 14.4 Å². The van der Waals surface area contributed by atoms with Crippen molar-refractivity contribution in [1.29, 1.82) is 0 Å². The fourth-order valence-corrected chi connectivity index (χ4v) is 7.26. The molecule has 3 aliphatic rings. The average molecular weight is 558 g/mol. The van der Waals surface area contributed by atoms with E-state index in [0.717, 1.165) is 5.56 Å². The molecular formula is C30H40ClN3O5. The second-order valence-electron chi connectivity index (χ2n) is 11.4. The van der Waals surface area contributed by atoms with E-state index in [-0.39, 0.29) is 36.8 Å². The highest BCUT2D eigenvalue weighted by Crippen LogP contribution is 2.59. The van der Waals surface area contributed by atoms with Crippen LogP contribution in [0.1, 0.15) is 38.7 Å². The van der Waals surface area contributed by atoms with Gasteiger partial charge in [0.2, 0.25) is 11.8 Å². The fraction of sp³-hybridized carbons (Fsp3) is 0.567. The van der Waals surface area contributed by atoms with E-state index in [0.29, 0.717) is 36.5 Å². The number of carbonyl (C=O) groups excluding carboxylic acids is 3. The molecule has 3 fully saturated rings. The Hall–Kier alpha value is -2.68. The molecule has 1 aromatic carbocycles. The number of benzene rings is 1. The van der Waals surface area contributed by atoms with Gasteiger partial charge in [0.05, 0.1) is 41.3 Å². The van der Waals surface area contributed by atoms with E-state index in [1.165, 1.54) is 4.90 Å². The molecule has 2 unspecified atom stereocenters. The molecule has 3 amide bonds. The van der Waals surface area contributed by atoms with E-state index >= 15 is 0 Å². The van der Waals surface area contributed by atoms with Crippen molar-refractivity contribution in [2.75, 3.05) is 31.6 Å². The Morgan fingerprint density at radius 3 is 2.54 bits per heavy atom. The van der Waals surface area contributed by atoms with Gasteiger partial charge >= 0.3 is 0 Å². The maximum absolute atomic E-state index is 14.7. The Kier molecular flexibility index (Phi) is 8.59. The number of aliphatic hydroxyl groups excluding tert-OH is 1. The molecule has 1 N–H and O–H groups in total. The first kappa shape index (κ1) is 29.3. The van der Waals surface area contributed by atoms with Gasteiger partial charge in [0.1, 0.15) is 11.6 Å². The van der Waals surface area contributed by atoms with Gasteiger partial charge in [-0.2, -0.15) is 0 Å². The lowest BCUT2D eigenvalue weighted by atomic mass is 9.70. The number of carbonyl (C=O) groups is 3. The number of hydrogen-bond acceptors (Lipinski definition) is 5. The van der Waals surface area contributed by atoms with E-state index in [1.54, 1.807) is 35.1 Å². The Balaban J connectivity index is 1.86. The Bertz CT molecular complexity index is 1140. The minimum atomic E-state index is -1.17. The highest BCUT2D eigenvalue weighted by molar-refractivity contribution is 6.34. The predicted octanol–water partition coefficient (Wildman–Crippen LogP) is 3.59. The summed E-state index contributed by atoms with van der Waals surface area (Å²) in [6.07, 6.45) is 4.35. The van der Waals surface area contributed by atoms with E-state index in [4.69, 9.17) is 16.3 Å². The maximum atomic E-state index is 14.7. The summed E-state index contributed by atoms with van der Waals surface area (Å²) < 4.78 is 6.58. The van der Waals surface area contributed by atoms with Gasteiger partial charge in [-0.15, -0.1) is 13.2 Å². The number of fused-ring (bicyclic) bond motifs is 1. The lowest BCUT2D eigenvalue weighted by molar-refractivity contribution is -0.147. The monoisotopic (exact) mass is 557 g/mol. The summed E-state index contributed by atoms with van der Waals surface area (Å²) in [5.74, 6) is -2.21. The van der Waals surface area contributed by atoms with Crippen LogP contribution in [0, 0.1) is 24.7 Å². The summed E-state index contributed by atoms with van der Waals surface area (Å²) in [7, 11) is 1.68. The molecule has 6 atom stereocenters. The van der Waals surface area contributed by atoms with Crippen LogP contribution in [0.4, 0.5) is 5.69 Å². The number of likely N-dealkylation sites (N-methyl/N-ethyl adjacent to an activating group) is 1. The summed E-state index contributed by atoms with van der Waals surface area (Å²) in [5.41, 5.74) is 0.179. The average Bonchev–Trinajstić information content (AvgIpc) is 3.53. The molecule has 9 heteroatoms. The molecule has 0 aromatic heterocycles. The van der Waals surface area contributed by atoms with Crippen LogP contribution in [0.5, 0.6) is 0 Å². The zero-order valence-corrected chi connectivity index (χ0v) is 24.1. The Morgan fingerprint density at radius 1 is 1.26 bits per heavy atom. The Labute approximate surface area is 236 Å². The van der Waals surface area contributed by atoms with E-state index in [9.17, 15) is 19.5 Å². The maximum Gasteiger partial charge on any atom is 0.253 e. The van der Waals surface area contributed by atoms with Crippen LogP contribution in [0.2, 0.25) is 5.02 Å². The van der Waals surface area contributed by atoms with Crippen molar-refractivity contribution >= 4 is 35.0 Å². The third kappa shape index (κ3) is 4.81. The smallest absolute Gasteiger partial charge is 0.253 e. The number of ether oxygens (including phenoxy) is 1. The lowest BCUT2D eigenvalue weighted by Crippen LogP contribution is -2.59. The summed E-state index contributed by atoms with van der Waals surface area (Å²) in [6, 6.07) is 3.80. The van der Waals surface area contributed by atoms with Gasteiger partial charge in [-0.1, -0.05) is 49.7 Å². The molecule has 212 valence electrons. The number of para-hydroxylation sites is 1. The number of halogens is 1. The van der Waals surface area contributed by atoms with E-state index in [1.807, 2.05) is 32.9 Å². The topological polar surface area (TPSA) is 90.4 Å². The summed E-state index contributed by atoms with van der Waals surface area (Å²) in [5, 5.41) is 10.9. The zero-order chi connectivity index (χ0) is 28.6. The summed E-state index contributed by atoms with van der Waals surface area (Å²) in [6.45, 7) is 13.7. The molecule has 1 aromatic rings. The van der Waals surface area contributed by atoms with Crippen molar-refractivity contribution in [3.8, 4) is 0 Å². The standard InChI is InChI=1S/C30H40ClN3O5/c1-7-14-32(6)27(36)23-22-12-13-30(39-22)24(23)28(37)34(20(17-35)16-18(3)4)26(30)29(38)33(15-8-2)25-19(5)10-9-11-21(25)31/h7-11,18,20,22-24,26,35H,1-2,12-17H2,3-6H3/t20-,22+,23-,24+,26?,30?/m1/s1. The lowest BCUT2D eigenvalue weighted by Gasteiger charge is -2.40. The molecule has 3 saturated heterocycles. The van der Waals surface area contributed by atoms with Crippen molar-refractivity contribution in [2.45, 2.75) is 63.8 Å². The van der Waals surface area contributed by atoms with Gasteiger partial charge in [0.25, 0.3) is 5.91 Å². The fourth-order valence-electron chi connectivity index (χ4n) is 6.94. The third-order valence-corrected chi connectivity index (χ3v) is 8.73. The molecule has 0 radical (unpaired) electrons. The first-order chi connectivity index (χ1) is 18.5. The highest BCUT2D eigenvalue weighted by Gasteiger charge is 2.75. The van der Waals surface area contributed by atoms with Crippen LogP contribution in [0.15, 0.2) is 43.5 Å². The van der Waals surface area contributed by atoms with Gasteiger partial charge in [0.15, 0.2) is 0 Å². The van der Waals surface area contributed by atoms with Crippen molar-refractivity contribution in [2.24, 2.45) is 17.8 Å². The van der Waals surface area contributed by atoms with E-state index < -0.39 is 35.6 Å². The Morgan fingerprint density at radius 2 is 1.95 bits per heavy atom. The quantitative estimate of drug-likeness (QED) is 0.420. The molecule has 3 aliphatic heterocycles. The number of amides is 3. The normalized spacial score (nSPS) is 28.0. The van der Waals surface area contributed by atoms with Crippen molar-refractivity contribution < 1.29 is 24.2 Å². The summed E-state index contributed by atoms with van der Waals surface area (Å²) >= 11 is 6.61. The number of rotatable bonds is 11. The molecule has 0 aliphatic carbocycles. The van der Waals surface area contributed by atoms with Gasteiger partial charge in [0, 0.05) is 20.1 Å². The second-order valence-corrected chi connectivity index (χ2v) is 11.8. The second kappa shape index (κ2) is 11.4. The SMILES string of the molecule is C=CCN(C)C(=O)[C@@H]1[C@@H]2CCC3(O2)C(C(=O)N(CC=C)c2c(C)cccc2Cl)N([C@@H](CO)CC(C)C)C(=O)[C@H]13. The third-order valence-electron chi connectivity index (χ3n) is 8.42. The van der Waals surface area contributed by atoms with Crippen molar-refractivity contribution in [1.82, 2.24) is 9.80 Å². The van der Waals surface area contributed by atoms with Crippen LogP contribution in [-0.2, 0) is 19.1 Å². The molecule has 1 spiro atoms. The molecule has 4 rings (SSSR count). The van der Waals surface area contributed by atoms with Crippen LogP contribution in [0.3, 0.4) is 0 Å².